The molecule has 1 N–H and O–H groups in total. The van der Waals surface area contributed by atoms with Crippen LogP contribution in [0.1, 0.15) is 46.5 Å². The van der Waals surface area contributed by atoms with E-state index in [1.807, 2.05) is 86.6 Å². The first-order valence-electron chi connectivity index (χ1n) is 10.8. The highest BCUT2D eigenvalue weighted by Gasteiger charge is 2.47. The van der Waals surface area contributed by atoms with Gasteiger partial charge in [-0.1, -0.05) is 67.1 Å². The minimum atomic E-state index is -1.03. The lowest BCUT2D eigenvalue weighted by Gasteiger charge is -2.44. The van der Waals surface area contributed by atoms with E-state index in [4.69, 9.17) is 0 Å². The second kappa shape index (κ2) is 8.38. The van der Waals surface area contributed by atoms with Crippen molar-refractivity contribution in [1.29, 1.82) is 0 Å². The number of hydrogen-bond donors (Lipinski definition) is 1. The molecule has 1 heterocycles. The fraction of sp³-hybridized carbons (Fsp3) is 0.259. The van der Waals surface area contributed by atoms with Crippen LogP contribution >= 0.6 is 0 Å². The number of amides is 2. The molecule has 0 fully saturated rings. The van der Waals surface area contributed by atoms with Gasteiger partial charge in [0.25, 0.3) is 5.91 Å². The van der Waals surface area contributed by atoms with Gasteiger partial charge in [0, 0.05) is 24.2 Å². The number of carbonyl (C=O) groups excluding carboxylic acids is 2. The Kier molecular flexibility index (Phi) is 5.64. The van der Waals surface area contributed by atoms with E-state index in [0.717, 1.165) is 28.8 Å². The van der Waals surface area contributed by atoms with Gasteiger partial charge in [0.05, 0.1) is 0 Å². The third-order valence-electron chi connectivity index (χ3n) is 6.12. The number of benzene rings is 3. The maximum Gasteiger partial charge on any atom is 0.259 e. The molecule has 0 unspecified atom stereocenters. The van der Waals surface area contributed by atoms with Crippen molar-refractivity contribution in [1.82, 2.24) is 5.32 Å². The van der Waals surface area contributed by atoms with Gasteiger partial charge in [-0.25, -0.2) is 0 Å². The summed E-state index contributed by atoms with van der Waals surface area (Å²) in [6, 6.07) is 23.6. The van der Waals surface area contributed by atoms with E-state index in [9.17, 15) is 9.59 Å². The molecular weight excluding hydrogens is 384 g/mol. The lowest BCUT2D eigenvalue weighted by molar-refractivity contribution is -0.126. The van der Waals surface area contributed by atoms with Crippen LogP contribution in [0.5, 0.6) is 0 Å². The molecule has 4 rings (SSSR count). The summed E-state index contributed by atoms with van der Waals surface area (Å²) in [4.78, 5) is 28.8. The van der Waals surface area contributed by atoms with Gasteiger partial charge in [-0.3, -0.25) is 14.5 Å². The largest absolute Gasteiger partial charge is 0.350 e. The Morgan fingerprint density at radius 1 is 1.00 bits per heavy atom. The first kappa shape index (κ1) is 20.9. The Morgan fingerprint density at radius 2 is 1.74 bits per heavy atom. The summed E-state index contributed by atoms with van der Waals surface area (Å²) in [6.07, 6.45) is 1.33. The van der Waals surface area contributed by atoms with Gasteiger partial charge in [-0.2, -0.15) is 0 Å². The highest BCUT2D eigenvalue weighted by molar-refractivity contribution is 6.14. The number of hydrogen-bond acceptors (Lipinski definition) is 2. The molecule has 31 heavy (non-hydrogen) atoms. The summed E-state index contributed by atoms with van der Waals surface area (Å²) in [5, 5.41) is 3.08. The molecule has 0 radical (unpaired) electrons. The van der Waals surface area contributed by atoms with Gasteiger partial charge in [-0.05, 0) is 55.2 Å². The lowest BCUT2D eigenvalue weighted by Crippen LogP contribution is -2.63. The smallest absolute Gasteiger partial charge is 0.259 e. The van der Waals surface area contributed by atoms with E-state index in [1.165, 1.54) is 5.56 Å². The number of carbonyl (C=O) groups is 2. The minimum absolute atomic E-state index is 0.136. The van der Waals surface area contributed by atoms with Crippen LogP contribution in [0.15, 0.2) is 72.8 Å². The molecule has 0 spiro atoms. The third kappa shape index (κ3) is 3.98. The van der Waals surface area contributed by atoms with Gasteiger partial charge in [0.15, 0.2) is 0 Å². The fourth-order valence-electron chi connectivity index (χ4n) is 4.26. The summed E-state index contributed by atoms with van der Waals surface area (Å²) >= 11 is 0. The van der Waals surface area contributed by atoms with Crippen molar-refractivity contribution in [3.8, 4) is 0 Å². The molecule has 0 saturated carbocycles. The number of aryl methyl sites for hydroxylation is 2. The zero-order chi connectivity index (χ0) is 22.0. The van der Waals surface area contributed by atoms with Gasteiger partial charge in [0.2, 0.25) is 5.91 Å². The fourth-order valence-corrected chi connectivity index (χ4v) is 4.26. The van der Waals surface area contributed by atoms with E-state index >= 15 is 0 Å². The van der Waals surface area contributed by atoms with Gasteiger partial charge < -0.3 is 5.32 Å². The minimum Gasteiger partial charge on any atom is -0.350 e. The molecule has 2 amide bonds. The van der Waals surface area contributed by atoms with Crippen molar-refractivity contribution in [3.63, 3.8) is 0 Å². The third-order valence-corrected chi connectivity index (χ3v) is 6.12. The first-order chi connectivity index (χ1) is 14.9. The number of rotatable bonds is 5. The van der Waals surface area contributed by atoms with E-state index in [0.29, 0.717) is 18.5 Å². The molecule has 0 aromatic heterocycles. The van der Waals surface area contributed by atoms with Gasteiger partial charge >= 0.3 is 0 Å². The second-order valence-corrected chi connectivity index (χ2v) is 8.44. The predicted octanol–water partition coefficient (Wildman–Crippen LogP) is 4.84. The summed E-state index contributed by atoms with van der Waals surface area (Å²) in [5.74, 6) is -0.291. The Hall–Kier alpha value is -3.40. The molecule has 1 atom stereocenters. The second-order valence-electron chi connectivity index (χ2n) is 8.44. The van der Waals surface area contributed by atoms with Crippen molar-refractivity contribution in [2.24, 2.45) is 0 Å². The molecule has 3 aromatic rings. The molecule has 4 nitrogen and oxygen atoms in total. The van der Waals surface area contributed by atoms with E-state index < -0.39 is 5.54 Å². The van der Waals surface area contributed by atoms with Crippen LogP contribution in [-0.2, 0) is 24.2 Å². The lowest BCUT2D eigenvalue weighted by atomic mass is 9.82. The molecule has 1 aliphatic heterocycles. The van der Waals surface area contributed by atoms with Crippen LogP contribution in [0.4, 0.5) is 5.69 Å². The number of nitrogens with zero attached hydrogens (tertiary/aromatic N) is 1. The average molecular weight is 413 g/mol. The van der Waals surface area contributed by atoms with Crippen LogP contribution in [0.3, 0.4) is 0 Å². The molecule has 3 aromatic carbocycles. The van der Waals surface area contributed by atoms with Crippen LogP contribution in [0, 0.1) is 6.92 Å². The zero-order valence-electron chi connectivity index (χ0n) is 18.3. The Balaban J connectivity index is 1.71. The normalized spacial score (nSPS) is 17.9. The van der Waals surface area contributed by atoms with Crippen LogP contribution < -0.4 is 10.2 Å². The first-order valence-corrected chi connectivity index (χ1v) is 10.8. The molecule has 4 heteroatoms. The Bertz CT molecular complexity index is 1120. The zero-order valence-corrected chi connectivity index (χ0v) is 18.3. The molecular formula is C27H28N2O2. The maximum atomic E-state index is 13.6. The number of anilines is 1. The highest BCUT2D eigenvalue weighted by Crippen LogP contribution is 2.36. The summed E-state index contributed by atoms with van der Waals surface area (Å²) in [6.45, 7) is 6.41. The van der Waals surface area contributed by atoms with Gasteiger partial charge in [-0.15, -0.1) is 0 Å². The van der Waals surface area contributed by atoms with Crippen molar-refractivity contribution in [2.75, 3.05) is 4.90 Å². The molecule has 0 aliphatic carbocycles. The monoisotopic (exact) mass is 412 g/mol. The summed E-state index contributed by atoms with van der Waals surface area (Å²) in [5.41, 5.74) is 4.64. The SMILES string of the molecule is CCc1cccc(N2C(=O)c3ccccc3C[C@@]2(C)C(=O)NCc2ccc(C)cc2)c1. The van der Waals surface area contributed by atoms with Crippen molar-refractivity contribution in [3.05, 3.63) is 101 Å². The Morgan fingerprint density at radius 3 is 2.48 bits per heavy atom. The van der Waals surface area contributed by atoms with Crippen LogP contribution in [0.25, 0.3) is 0 Å². The molecule has 0 bridgehead atoms. The van der Waals surface area contributed by atoms with Crippen molar-refractivity contribution in [2.45, 2.75) is 45.7 Å². The van der Waals surface area contributed by atoms with E-state index in [-0.39, 0.29) is 11.8 Å². The van der Waals surface area contributed by atoms with Crippen LogP contribution in [-0.4, -0.2) is 17.4 Å². The predicted molar refractivity (Wildman–Crippen MR) is 124 cm³/mol. The van der Waals surface area contributed by atoms with Crippen molar-refractivity contribution >= 4 is 17.5 Å². The summed E-state index contributed by atoms with van der Waals surface area (Å²) < 4.78 is 0. The standard InChI is InChI=1S/C27H28N2O2/c1-4-20-8-7-10-23(16-20)29-25(30)24-11-6-5-9-22(24)17-27(29,3)26(31)28-18-21-14-12-19(2)13-15-21/h5-16H,4,17-18H2,1-3H3,(H,28,31)/t27-/m0/s1. The molecule has 1 aliphatic rings. The van der Waals surface area contributed by atoms with Crippen LogP contribution in [0.2, 0.25) is 0 Å². The summed E-state index contributed by atoms with van der Waals surface area (Å²) in [7, 11) is 0. The molecule has 0 saturated heterocycles. The van der Waals surface area contributed by atoms with E-state index in [1.54, 1.807) is 4.90 Å². The topological polar surface area (TPSA) is 49.4 Å². The van der Waals surface area contributed by atoms with E-state index in [2.05, 4.69) is 12.2 Å². The highest BCUT2D eigenvalue weighted by atomic mass is 16.2. The Labute approximate surface area is 183 Å². The van der Waals surface area contributed by atoms with Gasteiger partial charge in [0.1, 0.15) is 5.54 Å². The maximum absolute atomic E-state index is 13.6. The quantitative estimate of drug-likeness (QED) is 0.652. The average Bonchev–Trinajstić information content (AvgIpc) is 2.78. The number of fused-ring (bicyclic) bond motifs is 1. The van der Waals surface area contributed by atoms with Crippen molar-refractivity contribution < 1.29 is 9.59 Å². The number of nitrogens with one attached hydrogen (secondary N) is 1. The molecule has 158 valence electrons.